The predicted octanol–water partition coefficient (Wildman–Crippen LogP) is 3.29. The first kappa shape index (κ1) is 15.9. The molecule has 1 unspecified atom stereocenters. The lowest BCUT2D eigenvalue weighted by molar-refractivity contribution is -0.0226. The highest BCUT2D eigenvalue weighted by atomic mass is 16.3. The molecular weight excluding hydrogens is 198 g/mol. The molecule has 0 radical (unpaired) electrons. The topological polar surface area (TPSA) is 23.5 Å². The zero-order valence-electron chi connectivity index (χ0n) is 12.3. The number of aliphatic hydroxyl groups excluding tert-OH is 1. The van der Waals surface area contributed by atoms with Gasteiger partial charge in [-0.1, -0.05) is 34.6 Å². The lowest BCUT2D eigenvalue weighted by Crippen LogP contribution is -2.53. The summed E-state index contributed by atoms with van der Waals surface area (Å²) in [5.41, 5.74) is 0.256. The number of likely N-dealkylation sites (N-methyl/N-ethyl adjacent to an activating group) is 1. The van der Waals surface area contributed by atoms with Crippen molar-refractivity contribution in [3.63, 3.8) is 0 Å². The molecule has 16 heavy (non-hydrogen) atoms. The van der Waals surface area contributed by atoms with Crippen molar-refractivity contribution in [2.24, 2.45) is 5.41 Å². The summed E-state index contributed by atoms with van der Waals surface area (Å²) in [6.45, 7) is 11.0. The van der Waals surface area contributed by atoms with Crippen LogP contribution in [0.2, 0.25) is 0 Å². The largest absolute Gasteiger partial charge is 0.391 e. The maximum atomic E-state index is 10.5. The van der Waals surface area contributed by atoms with E-state index in [1.807, 2.05) is 0 Å². The van der Waals surface area contributed by atoms with E-state index in [-0.39, 0.29) is 11.6 Å². The van der Waals surface area contributed by atoms with Gasteiger partial charge in [0.2, 0.25) is 0 Å². The maximum Gasteiger partial charge on any atom is 0.0723 e. The Morgan fingerprint density at radius 3 is 1.75 bits per heavy atom. The van der Waals surface area contributed by atoms with Crippen molar-refractivity contribution in [1.29, 1.82) is 0 Å². The van der Waals surface area contributed by atoms with Gasteiger partial charge in [0.1, 0.15) is 0 Å². The van der Waals surface area contributed by atoms with E-state index < -0.39 is 0 Å². The fourth-order valence-corrected chi connectivity index (χ4v) is 2.49. The third-order valence-electron chi connectivity index (χ3n) is 3.90. The standard InChI is InChI=1S/C14H31NO/c1-8-14(9-2,15(6)7)12(16)10-11-13(3,4)5/h12,16H,8-11H2,1-7H3. The van der Waals surface area contributed by atoms with Crippen LogP contribution in [0.1, 0.15) is 60.3 Å². The van der Waals surface area contributed by atoms with Gasteiger partial charge in [0.15, 0.2) is 0 Å². The number of rotatable bonds is 6. The summed E-state index contributed by atoms with van der Waals surface area (Å²) in [7, 11) is 4.15. The Hall–Kier alpha value is -0.0800. The quantitative estimate of drug-likeness (QED) is 0.755. The average Bonchev–Trinajstić information content (AvgIpc) is 2.16. The summed E-state index contributed by atoms with van der Waals surface area (Å²) in [5.74, 6) is 0. The van der Waals surface area contributed by atoms with Crippen molar-refractivity contribution in [1.82, 2.24) is 4.90 Å². The molecule has 1 N–H and O–H groups in total. The molecule has 0 saturated carbocycles. The van der Waals surface area contributed by atoms with Crippen LogP contribution in [0.5, 0.6) is 0 Å². The van der Waals surface area contributed by atoms with Crippen LogP contribution < -0.4 is 0 Å². The highest BCUT2D eigenvalue weighted by Gasteiger charge is 2.36. The van der Waals surface area contributed by atoms with Crippen molar-refractivity contribution in [2.45, 2.75) is 71.9 Å². The molecular formula is C14H31NO. The Morgan fingerprint density at radius 2 is 1.50 bits per heavy atom. The molecule has 98 valence electrons. The number of nitrogens with zero attached hydrogens (tertiary/aromatic N) is 1. The van der Waals surface area contributed by atoms with Crippen LogP contribution in [0.15, 0.2) is 0 Å². The van der Waals surface area contributed by atoms with Crippen LogP contribution in [0, 0.1) is 5.41 Å². The Morgan fingerprint density at radius 1 is 1.06 bits per heavy atom. The normalized spacial score (nSPS) is 15.6. The number of hydrogen-bond donors (Lipinski definition) is 1. The Labute approximate surface area is 102 Å². The van der Waals surface area contributed by atoms with E-state index in [4.69, 9.17) is 0 Å². The first-order chi connectivity index (χ1) is 7.19. The second-order valence-corrected chi connectivity index (χ2v) is 6.32. The molecule has 2 nitrogen and oxygen atoms in total. The van der Waals surface area contributed by atoms with Crippen LogP contribution in [0.25, 0.3) is 0 Å². The summed E-state index contributed by atoms with van der Waals surface area (Å²) in [6.07, 6.45) is 3.74. The lowest BCUT2D eigenvalue weighted by Gasteiger charge is -2.43. The van der Waals surface area contributed by atoms with Crippen LogP contribution >= 0.6 is 0 Å². The highest BCUT2D eigenvalue weighted by Crippen LogP contribution is 2.31. The molecule has 0 aromatic rings. The van der Waals surface area contributed by atoms with Crippen molar-refractivity contribution >= 4 is 0 Å². The molecule has 0 fully saturated rings. The summed E-state index contributed by atoms with van der Waals surface area (Å²) >= 11 is 0. The van der Waals surface area contributed by atoms with E-state index in [0.717, 1.165) is 25.7 Å². The summed E-state index contributed by atoms with van der Waals surface area (Å²) in [6, 6.07) is 0. The molecule has 0 aliphatic carbocycles. The molecule has 0 aromatic heterocycles. The highest BCUT2D eigenvalue weighted by molar-refractivity contribution is 4.92. The molecule has 0 aliphatic heterocycles. The molecule has 0 saturated heterocycles. The summed E-state index contributed by atoms with van der Waals surface area (Å²) in [5, 5.41) is 10.5. The van der Waals surface area contributed by atoms with Gasteiger partial charge >= 0.3 is 0 Å². The van der Waals surface area contributed by atoms with E-state index in [1.165, 1.54) is 0 Å². The van der Waals surface area contributed by atoms with E-state index in [1.54, 1.807) is 0 Å². The monoisotopic (exact) mass is 229 g/mol. The van der Waals surface area contributed by atoms with Gasteiger partial charge in [0.25, 0.3) is 0 Å². The zero-order chi connectivity index (χ0) is 13.0. The SMILES string of the molecule is CCC(CC)(C(O)CCC(C)(C)C)N(C)C. The second-order valence-electron chi connectivity index (χ2n) is 6.32. The maximum absolute atomic E-state index is 10.5. The third-order valence-corrected chi connectivity index (χ3v) is 3.90. The van der Waals surface area contributed by atoms with Gasteiger partial charge in [-0.2, -0.15) is 0 Å². The fraction of sp³-hybridized carbons (Fsp3) is 1.00. The Kier molecular flexibility index (Phi) is 5.99. The first-order valence-corrected chi connectivity index (χ1v) is 6.55. The molecule has 0 aliphatic rings. The van der Waals surface area contributed by atoms with Crippen molar-refractivity contribution < 1.29 is 5.11 Å². The molecule has 0 spiro atoms. The molecule has 0 aromatic carbocycles. The summed E-state index contributed by atoms with van der Waals surface area (Å²) in [4.78, 5) is 2.19. The smallest absolute Gasteiger partial charge is 0.0723 e. The van der Waals surface area contributed by atoms with Gasteiger partial charge in [-0.05, 0) is 45.2 Å². The molecule has 2 heteroatoms. The van der Waals surface area contributed by atoms with E-state index >= 15 is 0 Å². The van der Waals surface area contributed by atoms with Gasteiger partial charge in [-0.3, -0.25) is 0 Å². The number of aliphatic hydroxyl groups is 1. The van der Waals surface area contributed by atoms with Gasteiger partial charge in [-0.15, -0.1) is 0 Å². The van der Waals surface area contributed by atoms with Crippen LogP contribution in [-0.4, -0.2) is 35.7 Å². The van der Waals surface area contributed by atoms with E-state index in [2.05, 4.69) is 53.6 Å². The molecule has 0 heterocycles. The van der Waals surface area contributed by atoms with Gasteiger partial charge in [0.05, 0.1) is 6.10 Å². The lowest BCUT2D eigenvalue weighted by atomic mass is 9.79. The third kappa shape index (κ3) is 4.06. The van der Waals surface area contributed by atoms with Crippen LogP contribution in [0.4, 0.5) is 0 Å². The van der Waals surface area contributed by atoms with Crippen molar-refractivity contribution in [2.75, 3.05) is 14.1 Å². The van der Waals surface area contributed by atoms with E-state index in [0.29, 0.717) is 5.41 Å². The summed E-state index contributed by atoms with van der Waals surface area (Å²) < 4.78 is 0. The second kappa shape index (κ2) is 6.02. The fourth-order valence-electron chi connectivity index (χ4n) is 2.49. The molecule has 0 rings (SSSR count). The molecule has 0 bridgehead atoms. The van der Waals surface area contributed by atoms with E-state index in [9.17, 15) is 5.11 Å². The Balaban J connectivity index is 4.57. The molecule has 0 amide bonds. The van der Waals surface area contributed by atoms with Gasteiger partial charge in [0, 0.05) is 5.54 Å². The van der Waals surface area contributed by atoms with Crippen molar-refractivity contribution in [3.8, 4) is 0 Å². The van der Waals surface area contributed by atoms with Crippen LogP contribution in [-0.2, 0) is 0 Å². The van der Waals surface area contributed by atoms with Crippen molar-refractivity contribution in [3.05, 3.63) is 0 Å². The van der Waals surface area contributed by atoms with Gasteiger partial charge in [-0.25, -0.2) is 0 Å². The zero-order valence-corrected chi connectivity index (χ0v) is 12.3. The minimum atomic E-state index is -0.225. The first-order valence-electron chi connectivity index (χ1n) is 6.55. The minimum Gasteiger partial charge on any atom is -0.391 e. The minimum absolute atomic E-state index is 0.0503. The van der Waals surface area contributed by atoms with Gasteiger partial charge < -0.3 is 10.0 Å². The Bertz CT molecular complexity index is 189. The predicted molar refractivity (Wildman–Crippen MR) is 71.7 cm³/mol. The average molecular weight is 229 g/mol. The molecule has 1 atom stereocenters. The number of hydrogen-bond acceptors (Lipinski definition) is 2. The van der Waals surface area contributed by atoms with Crippen LogP contribution in [0.3, 0.4) is 0 Å².